The second-order valence-corrected chi connectivity index (χ2v) is 4.43. The van der Waals surface area contributed by atoms with Gasteiger partial charge in [-0.15, -0.1) is 0 Å². The SMILES string of the molecule is CCNC(=C[N+](=O)[O-])NCCSCc1ccon1. The van der Waals surface area contributed by atoms with E-state index >= 15 is 0 Å². The Kier molecular flexibility index (Phi) is 6.70. The molecule has 0 amide bonds. The zero-order valence-electron chi connectivity index (χ0n) is 10.1. The average Bonchev–Trinajstić information content (AvgIpc) is 2.81. The molecule has 1 rings (SSSR count). The first-order valence-corrected chi connectivity index (χ1v) is 6.68. The lowest BCUT2D eigenvalue weighted by atomic mass is 10.5. The Labute approximate surface area is 109 Å². The van der Waals surface area contributed by atoms with Gasteiger partial charge in [0, 0.05) is 30.7 Å². The Bertz CT molecular complexity index is 380. The van der Waals surface area contributed by atoms with Gasteiger partial charge in [-0.05, 0) is 6.92 Å². The molecule has 0 aliphatic carbocycles. The minimum Gasteiger partial charge on any atom is -0.367 e. The lowest BCUT2D eigenvalue weighted by Gasteiger charge is -2.08. The first-order valence-electron chi connectivity index (χ1n) is 5.52. The van der Waals surface area contributed by atoms with Gasteiger partial charge in [-0.25, -0.2) is 0 Å². The molecule has 1 aromatic rings. The smallest absolute Gasteiger partial charge is 0.274 e. The number of hydrogen-bond donors (Lipinski definition) is 2. The second kappa shape index (κ2) is 8.40. The molecule has 0 atom stereocenters. The number of thioether (sulfide) groups is 1. The normalized spacial score (nSPS) is 11.3. The van der Waals surface area contributed by atoms with Crippen molar-refractivity contribution in [1.29, 1.82) is 0 Å². The van der Waals surface area contributed by atoms with Crippen LogP contribution in [-0.4, -0.2) is 28.9 Å². The Balaban J connectivity index is 2.16. The Morgan fingerprint density at radius 2 is 2.50 bits per heavy atom. The maximum atomic E-state index is 10.4. The standard InChI is InChI=1S/C10H16N4O3S/c1-2-11-10(7-14(15)16)12-4-6-18-8-9-3-5-17-13-9/h3,5,7,11-12H,2,4,6,8H2,1H3. The van der Waals surface area contributed by atoms with Crippen LogP contribution in [0.25, 0.3) is 0 Å². The van der Waals surface area contributed by atoms with Crippen molar-refractivity contribution < 1.29 is 9.45 Å². The van der Waals surface area contributed by atoms with Crippen LogP contribution < -0.4 is 10.6 Å². The van der Waals surface area contributed by atoms with E-state index in [1.54, 1.807) is 11.8 Å². The lowest BCUT2D eigenvalue weighted by Crippen LogP contribution is -2.28. The average molecular weight is 272 g/mol. The van der Waals surface area contributed by atoms with Crippen molar-refractivity contribution in [2.75, 3.05) is 18.8 Å². The van der Waals surface area contributed by atoms with Gasteiger partial charge in [0.15, 0.2) is 5.82 Å². The van der Waals surface area contributed by atoms with E-state index in [1.165, 1.54) is 6.26 Å². The molecular weight excluding hydrogens is 256 g/mol. The molecule has 0 aliphatic rings. The van der Waals surface area contributed by atoms with Crippen LogP contribution in [0.15, 0.2) is 28.9 Å². The minimum absolute atomic E-state index is 0.435. The van der Waals surface area contributed by atoms with Crippen molar-refractivity contribution in [3.05, 3.63) is 40.2 Å². The molecule has 0 unspecified atom stereocenters. The Morgan fingerprint density at radius 3 is 3.11 bits per heavy atom. The van der Waals surface area contributed by atoms with E-state index in [9.17, 15) is 10.1 Å². The fourth-order valence-electron chi connectivity index (χ4n) is 1.20. The number of nitrogens with one attached hydrogen (secondary N) is 2. The molecule has 0 bridgehead atoms. The topological polar surface area (TPSA) is 93.2 Å². The summed E-state index contributed by atoms with van der Waals surface area (Å²) in [6, 6.07) is 1.82. The highest BCUT2D eigenvalue weighted by atomic mass is 32.2. The van der Waals surface area contributed by atoms with Gasteiger partial charge >= 0.3 is 0 Å². The summed E-state index contributed by atoms with van der Waals surface area (Å²) < 4.78 is 4.71. The summed E-state index contributed by atoms with van der Waals surface area (Å²) in [7, 11) is 0. The number of hydrogen-bond acceptors (Lipinski definition) is 7. The quantitative estimate of drug-likeness (QED) is 0.396. The summed E-state index contributed by atoms with van der Waals surface area (Å²) in [5, 5.41) is 20.0. The molecular formula is C10H16N4O3S. The van der Waals surface area contributed by atoms with Crippen molar-refractivity contribution in [3.63, 3.8) is 0 Å². The summed E-state index contributed by atoms with van der Waals surface area (Å²) in [6.45, 7) is 3.17. The highest BCUT2D eigenvalue weighted by Gasteiger charge is 2.01. The van der Waals surface area contributed by atoms with Gasteiger partial charge in [0.2, 0.25) is 0 Å². The number of rotatable bonds is 9. The third-order valence-electron chi connectivity index (χ3n) is 1.90. The van der Waals surface area contributed by atoms with Gasteiger partial charge in [-0.2, -0.15) is 11.8 Å². The van der Waals surface area contributed by atoms with Crippen LogP contribution in [0.3, 0.4) is 0 Å². The van der Waals surface area contributed by atoms with E-state index in [0.29, 0.717) is 18.9 Å². The van der Waals surface area contributed by atoms with E-state index < -0.39 is 4.92 Å². The van der Waals surface area contributed by atoms with Crippen LogP contribution >= 0.6 is 11.8 Å². The summed E-state index contributed by atoms with van der Waals surface area (Å²) in [5.41, 5.74) is 0.896. The number of aromatic nitrogens is 1. The maximum Gasteiger partial charge on any atom is 0.274 e. The third kappa shape index (κ3) is 6.14. The van der Waals surface area contributed by atoms with Crippen LogP contribution in [0, 0.1) is 10.1 Å². The number of nitrogens with zero attached hydrogens (tertiary/aromatic N) is 2. The second-order valence-electron chi connectivity index (χ2n) is 3.33. The zero-order valence-corrected chi connectivity index (χ0v) is 10.9. The fourth-order valence-corrected chi connectivity index (χ4v) is 1.95. The maximum absolute atomic E-state index is 10.4. The van der Waals surface area contributed by atoms with Crippen molar-refractivity contribution in [3.8, 4) is 0 Å². The first kappa shape index (κ1) is 14.4. The fraction of sp³-hybridized carbons (Fsp3) is 0.500. The first-order chi connectivity index (χ1) is 8.72. The van der Waals surface area contributed by atoms with Crippen molar-refractivity contribution in [2.45, 2.75) is 12.7 Å². The summed E-state index contributed by atoms with van der Waals surface area (Å²) in [5.74, 6) is 2.03. The predicted molar refractivity (Wildman–Crippen MR) is 69.4 cm³/mol. The Morgan fingerprint density at radius 1 is 1.67 bits per heavy atom. The minimum atomic E-state index is -0.479. The molecule has 0 spiro atoms. The molecule has 0 saturated heterocycles. The predicted octanol–water partition coefficient (Wildman–Crippen LogP) is 1.18. The van der Waals surface area contributed by atoms with E-state index in [0.717, 1.165) is 23.4 Å². The van der Waals surface area contributed by atoms with Crippen molar-refractivity contribution in [2.24, 2.45) is 0 Å². The molecule has 0 aliphatic heterocycles. The molecule has 0 radical (unpaired) electrons. The molecule has 2 N–H and O–H groups in total. The van der Waals surface area contributed by atoms with Crippen LogP contribution in [0.5, 0.6) is 0 Å². The van der Waals surface area contributed by atoms with Crippen molar-refractivity contribution in [1.82, 2.24) is 15.8 Å². The highest BCUT2D eigenvalue weighted by molar-refractivity contribution is 7.98. The lowest BCUT2D eigenvalue weighted by molar-refractivity contribution is -0.404. The number of nitro groups is 1. The van der Waals surface area contributed by atoms with Crippen LogP contribution in [0.4, 0.5) is 0 Å². The molecule has 0 aromatic carbocycles. The third-order valence-corrected chi connectivity index (χ3v) is 2.90. The zero-order chi connectivity index (χ0) is 13.2. The van der Waals surface area contributed by atoms with E-state index in [-0.39, 0.29) is 0 Å². The van der Waals surface area contributed by atoms with Gasteiger partial charge in [-0.3, -0.25) is 10.1 Å². The molecule has 7 nitrogen and oxygen atoms in total. The van der Waals surface area contributed by atoms with E-state index in [2.05, 4.69) is 15.8 Å². The summed E-state index contributed by atoms with van der Waals surface area (Å²) in [4.78, 5) is 9.88. The van der Waals surface area contributed by atoms with Gasteiger partial charge in [-0.1, -0.05) is 5.16 Å². The highest BCUT2D eigenvalue weighted by Crippen LogP contribution is 2.08. The van der Waals surface area contributed by atoms with E-state index in [4.69, 9.17) is 4.52 Å². The van der Waals surface area contributed by atoms with Gasteiger partial charge in [0.1, 0.15) is 6.26 Å². The molecule has 18 heavy (non-hydrogen) atoms. The van der Waals surface area contributed by atoms with E-state index in [1.807, 2.05) is 13.0 Å². The molecule has 0 fully saturated rings. The Hall–Kier alpha value is -1.70. The molecule has 1 heterocycles. The van der Waals surface area contributed by atoms with Gasteiger partial charge < -0.3 is 15.2 Å². The van der Waals surface area contributed by atoms with Crippen LogP contribution in [0.2, 0.25) is 0 Å². The summed E-state index contributed by atoms with van der Waals surface area (Å²) >= 11 is 1.68. The van der Waals surface area contributed by atoms with Crippen LogP contribution in [0.1, 0.15) is 12.6 Å². The molecule has 8 heteroatoms. The van der Waals surface area contributed by atoms with Gasteiger partial charge in [0.25, 0.3) is 6.20 Å². The van der Waals surface area contributed by atoms with Crippen LogP contribution in [-0.2, 0) is 5.75 Å². The van der Waals surface area contributed by atoms with Crippen molar-refractivity contribution >= 4 is 11.8 Å². The molecule has 100 valence electrons. The molecule has 1 aromatic heterocycles. The van der Waals surface area contributed by atoms with Gasteiger partial charge in [0.05, 0.1) is 10.6 Å². The molecule has 0 saturated carbocycles. The largest absolute Gasteiger partial charge is 0.367 e. The summed E-state index contributed by atoms with van der Waals surface area (Å²) in [6.07, 6.45) is 2.48. The monoisotopic (exact) mass is 272 g/mol.